The van der Waals surface area contributed by atoms with Crippen molar-refractivity contribution >= 4 is 33.4 Å². The largest absolute Gasteiger partial charge is 0.350 e. The Morgan fingerprint density at radius 3 is 2.16 bits per heavy atom. The van der Waals surface area contributed by atoms with Gasteiger partial charge in [0, 0.05) is 49.4 Å². The summed E-state index contributed by atoms with van der Waals surface area (Å²) in [5, 5.41) is 3.60. The Bertz CT molecular complexity index is 1650. The maximum Gasteiger partial charge on any atom is 0.243 e. The first-order valence-corrected chi connectivity index (χ1v) is 16.5. The standard InChI is InChI=1S/C34H35ClN4O4S/c35-29-11-6-28(7-12-29)24-39(33(40)17-10-25-8-15-31(16-9-25)44(42,43)38-30-13-14-30)32(22-26-4-2-1-3-5-26)34(41)37-23-27-18-20-36-21-19-27/h1-9,11-12,15-16,18-21,30,32,38H,10,13-14,17,22-24H2,(H,37,41)/t32-/m1/s1. The number of carbonyl (C=O) groups excluding carboxylic acids is 2. The molecule has 1 aliphatic rings. The van der Waals surface area contributed by atoms with Crippen LogP contribution in [0.3, 0.4) is 0 Å². The van der Waals surface area contributed by atoms with Gasteiger partial charge in [-0.1, -0.05) is 66.2 Å². The zero-order chi connectivity index (χ0) is 30.9. The summed E-state index contributed by atoms with van der Waals surface area (Å²) in [5.74, 6) is -0.447. The number of nitrogens with zero attached hydrogens (tertiary/aromatic N) is 2. The van der Waals surface area contributed by atoms with Crippen LogP contribution in [0, 0.1) is 0 Å². The fourth-order valence-electron chi connectivity index (χ4n) is 4.87. The Balaban J connectivity index is 1.36. The maximum atomic E-state index is 14.0. The molecular weight excluding hydrogens is 596 g/mol. The molecule has 2 N–H and O–H groups in total. The second-order valence-electron chi connectivity index (χ2n) is 11.0. The van der Waals surface area contributed by atoms with Gasteiger partial charge in [0.15, 0.2) is 0 Å². The number of nitrogens with one attached hydrogen (secondary N) is 2. The zero-order valence-corrected chi connectivity index (χ0v) is 25.8. The number of aryl methyl sites for hydroxylation is 1. The van der Waals surface area contributed by atoms with Crippen LogP contribution in [0.2, 0.25) is 5.02 Å². The number of sulfonamides is 1. The molecule has 1 aliphatic carbocycles. The minimum absolute atomic E-state index is 0.0228. The summed E-state index contributed by atoms with van der Waals surface area (Å²) in [6, 6.07) is 26.4. The van der Waals surface area contributed by atoms with Gasteiger partial charge in [0.2, 0.25) is 21.8 Å². The lowest BCUT2D eigenvalue weighted by molar-refractivity contribution is -0.141. The van der Waals surface area contributed by atoms with E-state index in [-0.39, 0.29) is 35.7 Å². The van der Waals surface area contributed by atoms with Crippen molar-refractivity contribution in [2.45, 2.75) is 62.2 Å². The lowest BCUT2D eigenvalue weighted by Crippen LogP contribution is -2.50. The first-order chi connectivity index (χ1) is 21.3. The van der Waals surface area contributed by atoms with Gasteiger partial charge >= 0.3 is 0 Å². The molecule has 0 spiro atoms. The normalized spacial score (nSPS) is 13.7. The van der Waals surface area contributed by atoms with Gasteiger partial charge in [-0.2, -0.15) is 0 Å². The van der Waals surface area contributed by atoms with Gasteiger partial charge in [-0.25, -0.2) is 13.1 Å². The monoisotopic (exact) mass is 630 g/mol. The van der Waals surface area contributed by atoms with E-state index in [0.717, 1.165) is 35.1 Å². The summed E-state index contributed by atoms with van der Waals surface area (Å²) >= 11 is 6.12. The molecule has 1 saturated carbocycles. The third kappa shape index (κ3) is 8.98. The van der Waals surface area contributed by atoms with Crippen LogP contribution in [0.1, 0.15) is 41.5 Å². The molecule has 1 fully saturated rings. The van der Waals surface area contributed by atoms with Crippen LogP contribution >= 0.6 is 11.6 Å². The molecule has 0 unspecified atom stereocenters. The van der Waals surface area contributed by atoms with Crippen LogP contribution in [0.5, 0.6) is 0 Å². The molecule has 0 radical (unpaired) electrons. The molecule has 3 aromatic carbocycles. The van der Waals surface area contributed by atoms with Crippen LogP contribution < -0.4 is 10.0 Å². The van der Waals surface area contributed by atoms with Crippen molar-refractivity contribution in [3.05, 3.63) is 131 Å². The van der Waals surface area contributed by atoms with Gasteiger partial charge in [0.1, 0.15) is 6.04 Å². The van der Waals surface area contributed by atoms with Crippen LogP contribution in [-0.4, -0.2) is 42.2 Å². The van der Waals surface area contributed by atoms with Crippen LogP contribution in [0.15, 0.2) is 108 Å². The Hall–Kier alpha value is -4.05. The number of rotatable bonds is 14. The summed E-state index contributed by atoms with van der Waals surface area (Å²) in [7, 11) is -3.55. The highest BCUT2D eigenvalue weighted by Crippen LogP contribution is 2.23. The van der Waals surface area contributed by atoms with E-state index in [9.17, 15) is 18.0 Å². The number of hydrogen-bond acceptors (Lipinski definition) is 5. The quantitative estimate of drug-likeness (QED) is 0.202. The Kier molecular flexibility index (Phi) is 10.4. The molecule has 5 rings (SSSR count). The summed E-state index contributed by atoms with van der Waals surface area (Å²) < 4.78 is 27.8. The van der Waals surface area contributed by atoms with E-state index < -0.39 is 16.1 Å². The molecular formula is C34H35ClN4O4S. The van der Waals surface area contributed by atoms with E-state index in [4.69, 9.17) is 11.6 Å². The third-order valence-electron chi connectivity index (χ3n) is 7.51. The van der Waals surface area contributed by atoms with Crippen molar-refractivity contribution in [3.63, 3.8) is 0 Å². The topological polar surface area (TPSA) is 108 Å². The molecule has 228 valence electrons. The number of hydrogen-bond donors (Lipinski definition) is 2. The van der Waals surface area contributed by atoms with Gasteiger partial charge < -0.3 is 10.2 Å². The van der Waals surface area contributed by atoms with Gasteiger partial charge in [-0.3, -0.25) is 14.6 Å². The molecule has 0 bridgehead atoms. The highest BCUT2D eigenvalue weighted by atomic mass is 35.5. The van der Waals surface area contributed by atoms with E-state index in [1.165, 1.54) is 0 Å². The number of carbonyl (C=O) groups is 2. The van der Waals surface area contributed by atoms with Crippen molar-refractivity contribution in [1.29, 1.82) is 0 Å². The molecule has 10 heteroatoms. The number of amides is 2. The average molecular weight is 631 g/mol. The number of halogens is 1. The maximum absolute atomic E-state index is 14.0. The highest BCUT2D eigenvalue weighted by molar-refractivity contribution is 7.89. The fourth-order valence-corrected chi connectivity index (χ4v) is 6.30. The molecule has 1 heterocycles. The SMILES string of the molecule is O=C(NCc1ccncc1)[C@@H](Cc1ccccc1)N(Cc1ccc(Cl)cc1)C(=O)CCc1ccc(S(=O)(=O)NC2CC2)cc1. The highest BCUT2D eigenvalue weighted by Gasteiger charge is 2.31. The minimum Gasteiger partial charge on any atom is -0.350 e. The summed E-state index contributed by atoms with van der Waals surface area (Å²) in [5.41, 5.74) is 3.51. The van der Waals surface area contributed by atoms with Crippen molar-refractivity contribution < 1.29 is 18.0 Å². The lowest BCUT2D eigenvalue weighted by atomic mass is 10.0. The second kappa shape index (κ2) is 14.6. The minimum atomic E-state index is -3.55. The molecule has 4 aromatic rings. The molecule has 0 saturated heterocycles. The van der Waals surface area contributed by atoms with Gasteiger partial charge in [-0.15, -0.1) is 0 Å². The number of aromatic nitrogens is 1. The van der Waals surface area contributed by atoms with Crippen molar-refractivity contribution in [2.24, 2.45) is 0 Å². The van der Waals surface area contributed by atoms with Gasteiger partial charge in [0.25, 0.3) is 0 Å². The number of benzene rings is 3. The first kappa shape index (κ1) is 31.4. The summed E-state index contributed by atoms with van der Waals surface area (Å²) in [4.78, 5) is 33.6. The van der Waals surface area contributed by atoms with Crippen LogP contribution in [-0.2, 0) is 45.5 Å². The molecule has 2 amide bonds. The smallest absolute Gasteiger partial charge is 0.243 e. The molecule has 8 nitrogen and oxygen atoms in total. The van der Waals surface area contributed by atoms with Crippen LogP contribution in [0.25, 0.3) is 0 Å². The predicted octanol–water partition coefficient (Wildman–Crippen LogP) is 5.06. The lowest BCUT2D eigenvalue weighted by Gasteiger charge is -2.32. The van der Waals surface area contributed by atoms with Crippen molar-refractivity contribution in [2.75, 3.05) is 0 Å². The van der Waals surface area contributed by atoms with E-state index in [2.05, 4.69) is 15.0 Å². The zero-order valence-electron chi connectivity index (χ0n) is 24.2. The predicted molar refractivity (Wildman–Crippen MR) is 170 cm³/mol. The van der Waals surface area contributed by atoms with E-state index in [1.54, 1.807) is 53.7 Å². The van der Waals surface area contributed by atoms with Gasteiger partial charge in [-0.05, 0) is 77.9 Å². The molecule has 1 atom stereocenters. The molecule has 1 aromatic heterocycles. The summed E-state index contributed by atoms with van der Waals surface area (Å²) in [6.45, 7) is 0.528. The molecule has 44 heavy (non-hydrogen) atoms. The van der Waals surface area contributed by atoms with Crippen LogP contribution in [0.4, 0.5) is 0 Å². The first-order valence-electron chi connectivity index (χ1n) is 14.6. The average Bonchev–Trinajstić information content (AvgIpc) is 3.86. The fraction of sp³-hybridized carbons (Fsp3) is 0.265. The van der Waals surface area contributed by atoms with E-state index in [1.807, 2.05) is 54.6 Å². The number of pyridine rings is 1. The van der Waals surface area contributed by atoms with Crippen molar-refractivity contribution in [3.8, 4) is 0 Å². The van der Waals surface area contributed by atoms with E-state index in [0.29, 0.717) is 24.4 Å². The Labute approximate surface area is 263 Å². The van der Waals surface area contributed by atoms with Gasteiger partial charge in [0.05, 0.1) is 4.90 Å². The third-order valence-corrected chi connectivity index (χ3v) is 9.30. The van der Waals surface area contributed by atoms with E-state index >= 15 is 0 Å². The summed E-state index contributed by atoms with van der Waals surface area (Å²) in [6.07, 6.45) is 5.93. The Morgan fingerprint density at radius 2 is 1.50 bits per heavy atom. The Morgan fingerprint density at radius 1 is 0.841 bits per heavy atom. The second-order valence-corrected chi connectivity index (χ2v) is 13.1. The molecule has 0 aliphatic heterocycles. The van der Waals surface area contributed by atoms with Crippen molar-refractivity contribution in [1.82, 2.24) is 19.9 Å².